The van der Waals surface area contributed by atoms with Crippen LogP contribution in [-0.4, -0.2) is 18.5 Å². The molecule has 1 heterocycles. The average Bonchev–Trinajstić information content (AvgIpc) is 2.73. The molecule has 0 bridgehead atoms. The zero-order valence-electron chi connectivity index (χ0n) is 17.7. The number of hydrogen-bond donors (Lipinski definition) is 3. The lowest BCUT2D eigenvalue weighted by Crippen LogP contribution is -2.46. The second-order valence-electron chi connectivity index (χ2n) is 7.34. The van der Waals surface area contributed by atoms with Crippen LogP contribution in [0.5, 0.6) is 5.75 Å². The molecule has 3 rings (SSSR count). The minimum atomic E-state index is -4.63. The lowest BCUT2D eigenvalue weighted by Gasteiger charge is -2.29. The van der Waals surface area contributed by atoms with E-state index in [-0.39, 0.29) is 17.0 Å². The highest BCUT2D eigenvalue weighted by Crippen LogP contribution is 2.35. The molecule has 0 spiro atoms. The van der Waals surface area contributed by atoms with Crippen LogP contribution in [0.25, 0.3) is 0 Å². The van der Waals surface area contributed by atoms with E-state index in [2.05, 4.69) is 22.9 Å². The van der Waals surface area contributed by atoms with Gasteiger partial charge >= 0.3 is 12.2 Å². The summed E-state index contributed by atoms with van der Waals surface area (Å²) < 4.78 is 45.6. The third-order valence-corrected chi connectivity index (χ3v) is 4.97. The highest BCUT2D eigenvalue weighted by molar-refractivity contribution is 6.07. The summed E-state index contributed by atoms with van der Waals surface area (Å²) in [6.45, 7) is 4.16. The van der Waals surface area contributed by atoms with Crippen LogP contribution in [0.2, 0.25) is 0 Å². The van der Waals surface area contributed by atoms with Gasteiger partial charge in [0.1, 0.15) is 5.75 Å². The van der Waals surface area contributed by atoms with E-state index < -0.39 is 29.7 Å². The van der Waals surface area contributed by atoms with Crippen LogP contribution in [0.1, 0.15) is 43.9 Å². The Balaban J connectivity index is 1.87. The van der Waals surface area contributed by atoms with E-state index in [1.165, 1.54) is 25.1 Å². The predicted molar refractivity (Wildman–Crippen MR) is 114 cm³/mol. The summed E-state index contributed by atoms with van der Waals surface area (Å²) in [4.78, 5) is 25.1. The van der Waals surface area contributed by atoms with Gasteiger partial charge in [0.05, 0.1) is 29.5 Å². The monoisotopic (exact) mass is 447 g/mol. The standard InChI is InChI=1S/C23H24F3N3O3/c1-3-4-13-32-16-11-9-15(10-12-16)20-19(14(2)27-22(31)29-20)21(30)28-18-8-6-5-7-17(18)23(24,25)26/h5-12,20H,3-4,13H2,1-2H3,(H,28,30)(H2,27,29,31)/t20-/m0/s1. The predicted octanol–water partition coefficient (Wildman–Crippen LogP) is 5.15. The van der Waals surface area contributed by atoms with Crippen molar-refractivity contribution in [1.82, 2.24) is 10.6 Å². The number of allylic oxidation sites excluding steroid dienone is 1. The Bertz CT molecular complexity index is 1020. The molecule has 2 aromatic rings. The first-order valence-electron chi connectivity index (χ1n) is 10.2. The van der Waals surface area contributed by atoms with Crippen LogP contribution in [0.3, 0.4) is 0 Å². The third kappa shape index (κ3) is 5.40. The van der Waals surface area contributed by atoms with Crippen molar-refractivity contribution in [3.8, 4) is 5.75 Å². The number of benzene rings is 2. The second-order valence-corrected chi connectivity index (χ2v) is 7.34. The molecule has 0 radical (unpaired) electrons. The number of urea groups is 1. The van der Waals surface area contributed by atoms with Gasteiger partial charge in [0.15, 0.2) is 0 Å². The minimum absolute atomic E-state index is 0.112. The molecule has 6 nitrogen and oxygen atoms in total. The molecule has 2 aromatic carbocycles. The maximum absolute atomic E-state index is 13.3. The number of alkyl halides is 3. The molecule has 1 atom stereocenters. The van der Waals surface area contributed by atoms with Gasteiger partial charge in [-0.3, -0.25) is 4.79 Å². The number of halogens is 3. The number of amides is 3. The molecule has 32 heavy (non-hydrogen) atoms. The van der Waals surface area contributed by atoms with Crippen molar-refractivity contribution < 1.29 is 27.5 Å². The number of ether oxygens (including phenoxy) is 1. The topological polar surface area (TPSA) is 79.5 Å². The van der Waals surface area contributed by atoms with Gasteiger partial charge in [-0.25, -0.2) is 4.79 Å². The Morgan fingerprint density at radius 3 is 2.47 bits per heavy atom. The normalized spacial score (nSPS) is 16.3. The largest absolute Gasteiger partial charge is 0.494 e. The van der Waals surface area contributed by atoms with Crippen LogP contribution >= 0.6 is 0 Å². The fourth-order valence-electron chi connectivity index (χ4n) is 3.36. The average molecular weight is 447 g/mol. The highest BCUT2D eigenvalue weighted by Gasteiger charge is 2.35. The summed E-state index contributed by atoms with van der Waals surface area (Å²) in [6, 6.07) is 10.2. The summed E-state index contributed by atoms with van der Waals surface area (Å²) in [5.41, 5.74) is -0.355. The molecule has 0 saturated heterocycles. The van der Waals surface area contributed by atoms with Crippen molar-refractivity contribution in [1.29, 1.82) is 0 Å². The van der Waals surface area contributed by atoms with Gasteiger partial charge in [-0.15, -0.1) is 0 Å². The van der Waals surface area contributed by atoms with Crippen LogP contribution in [-0.2, 0) is 11.0 Å². The summed E-state index contributed by atoms with van der Waals surface area (Å²) in [5, 5.41) is 7.52. The summed E-state index contributed by atoms with van der Waals surface area (Å²) in [5.74, 6) is -0.103. The number of carbonyl (C=O) groups is 2. The fraction of sp³-hybridized carbons (Fsp3) is 0.304. The van der Waals surface area contributed by atoms with Gasteiger partial charge < -0.3 is 20.7 Å². The smallest absolute Gasteiger partial charge is 0.418 e. The Kier molecular flexibility index (Phi) is 7.07. The highest BCUT2D eigenvalue weighted by atomic mass is 19.4. The molecule has 0 fully saturated rings. The Labute approximate surface area is 183 Å². The van der Waals surface area contributed by atoms with Gasteiger partial charge in [-0.05, 0) is 43.2 Å². The number of carbonyl (C=O) groups excluding carboxylic acids is 2. The van der Waals surface area contributed by atoms with Crippen molar-refractivity contribution >= 4 is 17.6 Å². The minimum Gasteiger partial charge on any atom is -0.494 e. The van der Waals surface area contributed by atoms with E-state index >= 15 is 0 Å². The first kappa shape index (κ1) is 23.2. The van der Waals surface area contributed by atoms with Gasteiger partial charge in [-0.1, -0.05) is 37.6 Å². The maximum Gasteiger partial charge on any atom is 0.418 e. The molecule has 0 saturated carbocycles. The van der Waals surface area contributed by atoms with Crippen molar-refractivity contribution in [2.45, 2.75) is 38.9 Å². The molecule has 1 aliphatic heterocycles. The fourth-order valence-corrected chi connectivity index (χ4v) is 3.36. The number of unbranched alkanes of at least 4 members (excludes halogenated alkanes) is 1. The first-order chi connectivity index (χ1) is 15.2. The van der Waals surface area contributed by atoms with Crippen molar-refractivity contribution in [3.63, 3.8) is 0 Å². The van der Waals surface area contributed by atoms with E-state index in [0.29, 0.717) is 17.9 Å². The summed E-state index contributed by atoms with van der Waals surface area (Å²) in [7, 11) is 0. The molecular weight excluding hydrogens is 423 g/mol. The number of nitrogens with one attached hydrogen (secondary N) is 3. The van der Waals surface area contributed by atoms with Crippen LogP contribution in [0.4, 0.5) is 23.7 Å². The van der Waals surface area contributed by atoms with E-state index in [4.69, 9.17) is 4.74 Å². The number of hydrogen-bond acceptors (Lipinski definition) is 3. The second kappa shape index (κ2) is 9.76. The first-order valence-corrected chi connectivity index (χ1v) is 10.2. The lowest BCUT2D eigenvalue weighted by molar-refractivity contribution is -0.137. The Morgan fingerprint density at radius 2 is 1.81 bits per heavy atom. The quantitative estimate of drug-likeness (QED) is 0.514. The van der Waals surface area contributed by atoms with Crippen molar-refractivity contribution in [2.24, 2.45) is 0 Å². The van der Waals surface area contributed by atoms with Gasteiger partial charge in [-0.2, -0.15) is 13.2 Å². The van der Waals surface area contributed by atoms with E-state index in [0.717, 1.165) is 18.9 Å². The molecule has 3 N–H and O–H groups in total. The van der Waals surface area contributed by atoms with E-state index in [1.807, 2.05) is 0 Å². The molecule has 0 unspecified atom stereocenters. The molecule has 170 valence electrons. The molecule has 0 aliphatic carbocycles. The molecule has 1 aliphatic rings. The van der Waals surface area contributed by atoms with E-state index in [1.54, 1.807) is 24.3 Å². The molecule has 0 aromatic heterocycles. The van der Waals surface area contributed by atoms with Crippen LogP contribution in [0.15, 0.2) is 59.8 Å². The number of para-hydroxylation sites is 1. The summed E-state index contributed by atoms with van der Waals surface area (Å²) >= 11 is 0. The third-order valence-electron chi connectivity index (χ3n) is 4.97. The van der Waals surface area contributed by atoms with Crippen molar-refractivity contribution in [2.75, 3.05) is 11.9 Å². The number of rotatable bonds is 7. The molecule has 3 amide bonds. The lowest BCUT2D eigenvalue weighted by atomic mass is 9.94. The Hall–Kier alpha value is -3.49. The van der Waals surface area contributed by atoms with Crippen LogP contribution < -0.4 is 20.7 Å². The zero-order valence-corrected chi connectivity index (χ0v) is 17.7. The van der Waals surface area contributed by atoms with Gasteiger partial charge in [0, 0.05) is 5.70 Å². The van der Waals surface area contributed by atoms with Gasteiger partial charge in [0.2, 0.25) is 0 Å². The number of anilines is 1. The maximum atomic E-state index is 13.3. The SMILES string of the molecule is CCCCOc1ccc([C@@H]2NC(=O)NC(C)=C2C(=O)Nc2ccccc2C(F)(F)F)cc1. The van der Waals surface area contributed by atoms with Crippen LogP contribution in [0, 0.1) is 0 Å². The molecule has 9 heteroatoms. The van der Waals surface area contributed by atoms with E-state index in [9.17, 15) is 22.8 Å². The Morgan fingerprint density at radius 1 is 1.12 bits per heavy atom. The van der Waals surface area contributed by atoms with Gasteiger partial charge in [0.25, 0.3) is 5.91 Å². The zero-order chi connectivity index (χ0) is 23.3. The summed E-state index contributed by atoms with van der Waals surface area (Å²) in [6.07, 6.45) is -2.71. The van der Waals surface area contributed by atoms with Crippen molar-refractivity contribution in [3.05, 3.63) is 70.9 Å². The molecular formula is C23H24F3N3O3.